The maximum atomic E-state index is 6.12. The van der Waals surface area contributed by atoms with Gasteiger partial charge in [0.2, 0.25) is 5.28 Å². The highest BCUT2D eigenvalue weighted by Gasteiger charge is 2.16. The molecule has 2 N–H and O–H groups in total. The summed E-state index contributed by atoms with van der Waals surface area (Å²) in [7, 11) is 0. The predicted octanol–water partition coefficient (Wildman–Crippen LogP) is 2.82. The summed E-state index contributed by atoms with van der Waals surface area (Å²) in [6.45, 7) is 2.03. The van der Waals surface area contributed by atoms with Gasteiger partial charge in [-0.2, -0.15) is 4.98 Å². The Hall–Kier alpha value is -3.06. The fourth-order valence-electron chi connectivity index (χ4n) is 2.48. The van der Waals surface area contributed by atoms with Crippen LogP contribution in [0.1, 0.15) is 5.56 Å². The molecule has 7 nitrogen and oxygen atoms in total. The third-order valence-electron chi connectivity index (χ3n) is 3.56. The molecule has 118 valence electrons. The van der Waals surface area contributed by atoms with E-state index in [2.05, 4.69) is 24.9 Å². The minimum Gasteiger partial charge on any atom is -0.382 e. The summed E-state index contributed by atoms with van der Waals surface area (Å²) < 4.78 is 1.87. The molecule has 4 aromatic rings. The zero-order chi connectivity index (χ0) is 16.7. The van der Waals surface area contributed by atoms with Gasteiger partial charge >= 0.3 is 0 Å². The first-order valence-electron chi connectivity index (χ1n) is 7.17. The third kappa shape index (κ3) is 2.44. The quantitative estimate of drug-likeness (QED) is 0.565. The summed E-state index contributed by atoms with van der Waals surface area (Å²) >= 11 is 6.12. The molecule has 0 radical (unpaired) electrons. The van der Waals surface area contributed by atoms with Crippen molar-refractivity contribution >= 4 is 28.6 Å². The molecule has 3 heterocycles. The van der Waals surface area contributed by atoms with Crippen LogP contribution < -0.4 is 5.73 Å². The van der Waals surface area contributed by atoms with Crippen molar-refractivity contribution in [3.63, 3.8) is 0 Å². The van der Waals surface area contributed by atoms with E-state index in [9.17, 15) is 0 Å². The lowest BCUT2D eigenvalue weighted by atomic mass is 10.2. The van der Waals surface area contributed by atoms with Gasteiger partial charge in [0.25, 0.3) is 0 Å². The predicted molar refractivity (Wildman–Crippen MR) is 91.8 cm³/mol. The van der Waals surface area contributed by atoms with Crippen LogP contribution in [0.4, 0.5) is 5.82 Å². The highest BCUT2D eigenvalue weighted by atomic mass is 35.5. The molecule has 1 aromatic carbocycles. The number of nitrogens with two attached hydrogens (primary N) is 1. The smallest absolute Gasteiger partial charge is 0.225 e. The molecule has 0 fully saturated rings. The normalized spacial score (nSPS) is 11.1. The number of imidazole rings is 1. The van der Waals surface area contributed by atoms with Crippen molar-refractivity contribution in [1.29, 1.82) is 0 Å². The molecular formula is C16H12ClN7. The summed E-state index contributed by atoms with van der Waals surface area (Å²) in [5, 5.41) is 0.116. The van der Waals surface area contributed by atoms with E-state index < -0.39 is 0 Å². The molecule has 0 aliphatic carbocycles. The summed E-state index contributed by atoms with van der Waals surface area (Å²) in [5.41, 5.74) is 9.93. The summed E-state index contributed by atoms with van der Waals surface area (Å²) in [5.74, 6) is 0.334. The van der Waals surface area contributed by atoms with Crippen LogP contribution in [0.3, 0.4) is 0 Å². The number of aromatic nitrogens is 6. The number of fused-ring (bicyclic) bond motifs is 1. The molecule has 4 rings (SSSR count). The fraction of sp³-hybridized carbons (Fsp3) is 0.0625. The molecule has 8 heteroatoms. The van der Waals surface area contributed by atoms with Gasteiger partial charge in [0.1, 0.15) is 29.0 Å². The van der Waals surface area contributed by atoms with Crippen molar-refractivity contribution < 1.29 is 0 Å². The van der Waals surface area contributed by atoms with Gasteiger partial charge < -0.3 is 5.73 Å². The molecule has 0 spiro atoms. The average Bonchev–Trinajstić information content (AvgIpc) is 2.98. The first kappa shape index (κ1) is 14.5. The molecule has 24 heavy (non-hydrogen) atoms. The summed E-state index contributed by atoms with van der Waals surface area (Å²) in [6, 6.07) is 8.03. The highest BCUT2D eigenvalue weighted by molar-refractivity contribution is 6.28. The Labute approximate surface area is 142 Å². The van der Waals surface area contributed by atoms with Gasteiger partial charge in [-0.1, -0.05) is 12.1 Å². The zero-order valence-corrected chi connectivity index (χ0v) is 13.4. The maximum absolute atomic E-state index is 6.12. The Morgan fingerprint density at radius 1 is 1.08 bits per heavy atom. The monoisotopic (exact) mass is 337 g/mol. The standard InChI is InChI=1S/C16H12ClN7/c1-9-3-2-4-10(5-9)24-8-21-14-13(22-16(17)23-15(14)24)11-6-20-12(18)7-19-11/h2-8H,1H3,(H2,18,20). The van der Waals surface area contributed by atoms with Gasteiger partial charge in [-0.15, -0.1) is 0 Å². The lowest BCUT2D eigenvalue weighted by molar-refractivity contribution is 1.06. The molecule has 0 bridgehead atoms. The Kier molecular flexibility index (Phi) is 3.35. The van der Waals surface area contributed by atoms with E-state index >= 15 is 0 Å². The minimum atomic E-state index is 0.116. The number of hydrogen-bond donors (Lipinski definition) is 1. The number of hydrogen-bond acceptors (Lipinski definition) is 6. The molecule has 0 saturated carbocycles. The van der Waals surface area contributed by atoms with Crippen LogP contribution in [-0.2, 0) is 0 Å². The van der Waals surface area contributed by atoms with Crippen molar-refractivity contribution in [2.24, 2.45) is 0 Å². The van der Waals surface area contributed by atoms with Gasteiger partial charge in [-0.05, 0) is 36.2 Å². The van der Waals surface area contributed by atoms with E-state index in [0.717, 1.165) is 11.3 Å². The van der Waals surface area contributed by atoms with Crippen molar-refractivity contribution in [1.82, 2.24) is 29.5 Å². The topological polar surface area (TPSA) is 95.4 Å². The van der Waals surface area contributed by atoms with E-state index in [1.165, 1.54) is 6.20 Å². The van der Waals surface area contributed by atoms with E-state index in [-0.39, 0.29) is 5.28 Å². The van der Waals surface area contributed by atoms with Gasteiger partial charge in [0.05, 0.1) is 12.4 Å². The van der Waals surface area contributed by atoms with Crippen LogP contribution in [0.25, 0.3) is 28.2 Å². The van der Waals surface area contributed by atoms with E-state index in [4.69, 9.17) is 17.3 Å². The maximum Gasteiger partial charge on any atom is 0.225 e. The Bertz CT molecular complexity index is 1040. The average molecular weight is 338 g/mol. The van der Waals surface area contributed by atoms with Crippen LogP contribution in [0.2, 0.25) is 5.28 Å². The van der Waals surface area contributed by atoms with Crippen molar-refractivity contribution in [3.05, 3.63) is 53.8 Å². The highest BCUT2D eigenvalue weighted by Crippen LogP contribution is 2.26. The number of nitrogen functional groups attached to an aromatic ring is 1. The molecule has 0 unspecified atom stereocenters. The third-order valence-corrected chi connectivity index (χ3v) is 3.73. The minimum absolute atomic E-state index is 0.116. The first-order chi connectivity index (χ1) is 11.6. The van der Waals surface area contributed by atoms with E-state index in [1.54, 1.807) is 12.5 Å². The van der Waals surface area contributed by atoms with Gasteiger partial charge in [-0.3, -0.25) is 4.57 Å². The van der Waals surface area contributed by atoms with Crippen molar-refractivity contribution in [2.45, 2.75) is 6.92 Å². The second kappa shape index (κ2) is 5.54. The number of aryl methyl sites for hydroxylation is 1. The molecular weight excluding hydrogens is 326 g/mol. The van der Waals surface area contributed by atoms with Crippen LogP contribution >= 0.6 is 11.6 Å². The molecule has 0 atom stereocenters. The molecule has 0 saturated heterocycles. The summed E-state index contributed by atoms with van der Waals surface area (Å²) in [4.78, 5) is 21.3. The summed E-state index contributed by atoms with van der Waals surface area (Å²) in [6.07, 6.45) is 4.70. The van der Waals surface area contributed by atoms with Crippen molar-refractivity contribution in [3.8, 4) is 17.1 Å². The Morgan fingerprint density at radius 3 is 2.71 bits per heavy atom. The number of halogens is 1. The van der Waals surface area contributed by atoms with Gasteiger partial charge in [0, 0.05) is 5.69 Å². The number of rotatable bonds is 2. The molecule has 3 aromatic heterocycles. The Balaban J connectivity index is 1.96. The second-order valence-electron chi connectivity index (χ2n) is 5.29. The van der Waals surface area contributed by atoms with Gasteiger partial charge in [-0.25, -0.2) is 19.9 Å². The number of nitrogens with zero attached hydrogens (tertiary/aromatic N) is 6. The lowest BCUT2D eigenvalue weighted by Gasteiger charge is -2.06. The second-order valence-corrected chi connectivity index (χ2v) is 5.63. The number of anilines is 1. The lowest BCUT2D eigenvalue weighted by Crippen LogP contribution is -1.99. The number of benzene rings is 1. The fourth-order valence-corrected chi connectivity index (χ4v) is 2.64. The van der Waals surface area contributed by atoms with E-state index in [0.29, 0.717) is 28.4 Å². The van der Waals surface area contributed by atoms with Crippen LogP contribution in [0.5, 0.6) is 0 Å². The molecule has 0 amide bonds. The zero-order valence-electron chi connectivity index (χ0n) is 12.7. The van der Waals surface area contributed by atoms with Crippen LogP contribution in [0, 0.1) is 6.92 Å². The van der Waals surface area contributed by atoms with Crippen molar-refractivity contribution in [2.75, 3.05) is 5.73 Å². The molecule has 0 aliphatic rings. The first-order valence-corrected chi connectivity index (χ1v) is 7.55. The SMILES string of the molecule is Cc1cccc(-n2cnc3c(-c4cnc(N)cn4)nc(Cl)nc32)c1. The van der Waals surface area contributed by atoms with Gasteiger partial charge in [0.15, 0.2) is 5.65 Å². The van der Waals surface area contributed by atoms with Crippen LogP contribution in [0.15, 0.2) is 43.0 Å². The van der Waals surface area contributed by atoms with E-state index in [1.807, 2.05) is 35.8 Å². The van der Waals surface area contributed by atoms with Crippen LogP contribution in [-0.4, -0.2) is 29.5 Å². The largest absolute Gasteiger partial charge is 0.382 e. The Morgan fingerprint density at radius 2 is 1.96 bits per heavy atom. The molecule has 0 aliphatic heterocycles.